The summed E-state index contributed by atoms with van der Waals surface area (Å²) in [6, 6.07) is 13.8. The number of hydrazine groups is 1. The number of carbonyl (C=O) groups is 2. The van der Waals surface area contributed by atoms with E-state index in [1.807, 2.05) is 6.07 Å². The van der Waals surface area contributed by atoms with Crippen LogP contribution >= 0.6 is 0 Å². The molecule has 0 spiro atoms. The standard InChI is InChI=1S/C20H16N2O3/c21-22-20(25)16-3-1-2-15(12-16)19(13-4-8-17(23)9-5-13)14-6-10-18(24)11-7-14/h1-12,23H,21H2,(H,22,25). The minimum atomic E-state index is -0.387. The Labute approximate surface area is 144 Å². The second-order valence-electron chi connectivity index (χ2n) is 5.50. The molecule has 124 valence electrons. The Morgan fingerprint density at radius 2 is 1.52 bits per heavy atom. The van der Waals surface area contributed by atoms with Gasteiger partial charge in [-0.1, -0.05) is 36.4 Å². The van der Waals surface area contributed by atoms with Crippen molar-refractivity contribution in [3.8, 4) is 5.75 Å². The van der Waals surface area contributed by atoms with Gasteiger partial charge in [0.1, 0.15) is 5.75 Å². The Balaban J connectivity index is 2.19. The molecule has 1 amide bonds. The van der Waals surface area contributed by atoms with Crippen LogP contribution in [0.5, 0.6) is 5.75 Å². The lowest BCUT2D eigenvalue weighted by atomic mass is 9.90. The molecule has 25 heavy (non-hydrogen) atoms. The van der Waals surface area contributed by atoms with Crippen molar-refractivity contribution in [3.63, 3.8) is 0 Å². The van der Waals surface area contributed by atoms with Gasteiger partial charge >= 0.3 is 0 Å². The van der Waals surface area contributed by atoms with Crippen molar-refractivity contribution < 1.29 is 14.7 Å². The number of ketones is 1. The monoisotopic (exact) mass is 332 g/mol. The van der Waals surface area contributed by atoms with Gasteiger partial charge in [0, 0.05) is 5.56 Å². The van der Waals surface area contributed by atoms with Crippen LogP contribution in [0.15, 0.2) is 78.4 Å². The molecule has 0 heterocycles. The van der Waals surface area contributed by atoms with E-state index in [1.54, 1.807) is 54.6 Å². The van der Waals surface area contributed by atoms with Gasteiger partial charge in [0.15, 0.2) is 5.78 Å². The number of nitrogens with one attached hydrogen (secondary N) is 1. The highest BCUT2D eigenvalue weighted by Gasteiger charge is 2.13. The van der Waals surface area contributed by atoms with Gasteiger partial charge in [-0.3, -0.25) is 15.0 Å². The maximum Gasteiger partial charge on any atom is 0.265 e. The normalized spacial score (nSPS) is 13.0. The molecule has 3 rings (SSSR count). The first-order valence-corrected chi connectivity index (χ1v) is 7.63. The number of hydrogen-bond acceptors (Lipinski definition) is 4. The molecule has 1 aliphatic carbocycles. The van der Waals surface area contributed by atoms with Crippen molar-refractivity contribution in [1.82, 2.24) is 5.43 Å². The molecule has 0 saturated heterocycles. The minimum absolute atomic E-state index is 0.0786. The fraction of sp³-hybridized carbons (Fsp3) is 0. The second-order valence-corrected chi connectivity index (χ2v) is 5.50. The number of phenols is 1. The lowest BCUT2D eigenvalue weighted by Gasteiger charge is -2.14. The van der Waals surface area contributed by atoms with Crippen molar-refractivity contribution in [3.05, 3.63) is 95.1 Å². The summed E-state index contributed by atoms with van der Waals surface area (Å²) in [6.45, 7) is 0. The molecular formula is C20H16N2O3. The van der Waals surface area contributed by atoms with Crippen molar-refractivity contribution in [1.29, 1.82) is 0 Å². The molecule has 5 heteroatoms. The van der Waals surface area contributed by atoms with E-state index in [9.17, 15) is 14.7 Å². The number of phenolic OH excluding ortho intramolecular Hbond substituents is 1. The van der Waals surface area contributed by atoms with Gasteiger partial charge in [-0.25, -0.2) is 5.84 Å². The van der Waals surface area contributed by atoms with E-state index in [-0.39, 0.29) is 17.4 Å². The average Bonchev–Trinajstić information content (AvgIpc) is 2.64. The van der Waals surface area contributed by atoms with E-state index in [2.05, 4.69) is 5.43 Å². The van der Waals surface area contributed by atoms with Crippen LogP contribution in [-0.4, -0.2) is 16.8 Å². The van der Waals surface area contributed by atoms with Gasteiger partial charge in [0.2, 0.25) is 0 Å². The molecule has 4 N–H and O–H groups in total. The number of amides is 1. The smallest absolute Gasteiger partial charge is 0.265 e. The first kappa shape index (κ1) is 16.4. The Hall–Kier alpha value is -3.44. The largest absolute Gasteiger partial charge is 0.508 e. The first-order valence-electron chi connectivity index (χ1n) is 7.63. The van der Waals surface area contributed by atoms with Crippen molar-refractivity contribution >= 4 is 17.3 Å². The van der Waals surface area contributed by atoms with Crippen LogP contribution in [0.4, 0.5) is 0 Å². The molecule has 2 aromatic rings. The summed E-state index contributed by atoms with van der Waals surface area (Å²) >= 11 is 0. The minimum Gasteiger partial charge on any atom is -0.508 e. The quantitative estimate of drug-likeness (QED) is 0.457. The number of nitrogens with two attached hydrogens (primary N) is 1. The Bertz CT molecular complexity index is 904. The first-order chi connectivity index (χ1) is 12.1. The number of allylic oxidation sites excluding steroid dienone is 5. The molecule has 0 bridgehead atoms. The SMILES string of the molecule is NNC(=O)c1cccc(C(=C2C=CC(=O)C=C2)c2ccc(O)cc2)c1. The third-order valence-electron chi connectivity index (χ3n) is 3.84. The maximum absolute atomic E-state index is 11.8. The number of benzene rings is 2. The van der Waals surface area contributed by atoms with Crippen LogP contribution in [0, 0.1) is 0 Å². The van der Waals surface area contributed by atoms with Gasteiger partial charge in [0.05, 0.1) is 0 Å². The average molecular weight is 332 g/mol. The van der Waals surface area contributed by atoms with Gasteiger partial charge in [0.25, 0.3) is 5.91 Å². The molecule has 0 saturated carbocycles. The van der Waals surface area contributed by atoms with E-state index in [1.165, 1.54) is 12.2 Å². The molecule has 0 radical (unpaired) electrons. The van der Waals surface area contributed by atoms with Crippen LogP contribution in [0.25, 0.3) is 5.57 Å². The molecule has 1 aliphatic rings. The Morgan fingerprint density at radius 1 is 0.880 bits per heavy atom. The molecule has 5 nitrogen and oxygen atoms in total. The zero-order valence-electron chi connectivity index (χ0n) is 13.3. The fourth-order valence-corrected chi connectivity index (χ4v) is 2.65. The zero-order valence-corrected chi connectivity index (χ0v) is 13.3. The van der Waals surface area contributed by atoms with Crippen LogP contribution < -0.4 is 11.3 Å². The summed E-state index contributed by atoms with van der Waals surface area (Å²) in [7, 11) is 0. The summed E-state index contributed by atoms with van der Waals surface area (Å²) in [4.78, 5) is 23.3. The van der Waals surface area contributed by atoms with Gasteiger partial charge in [-0.2, -0.15) is 0 Å². The highest BCUT2D eigenvalue weighted by Crippen LogP contribution is 2.31. The van der Waals surface area contributed by atoms with E-state index >= 15 is 0 Å². The summed E-state index contributed by atoms with van der Waals surface area (Å²) in [5.41, 5.74) is 5.86. The van der Waals surface area contributed by atoms with Crippen molar-refractivity contribution in [2.75, 3.05) is 0 Å². The second kappa shape index (κ2) is 6.98. The van der Waals surface area contributed by atoms with E-state index < -0.39 is 0 Å². The maximum atomic E-state index is 11.8. The lowest BCUT2D eigenvalue weighted by molar-refractivity contribution is -0.110. The number of carbonyl (C=O) groups excluding carboxylic acids is 2. The summed E-state index contributed by atoms with van der Waals surface area (Å²) in [6.07, 6.45) is 6.46. The van der Waals surface area contributed by atoms with E-state index in [4.69, 9.17) is 5.84 Å². The number of rotatable bonds is 3. The Morgan fingerprint density at radius 3 is 2.16 bits per heavy atom. The molecule has 0 aliphatic heterocycles. The predicted molar refractivity (Wildman–Crippen MR) is 95.5 cm³/mol. The molecule has 0 atom stereocenters. The summed E-state index contributed by atoms with van der Waals surface area (Å²) < 4.78 is 0. The molecule has 0 fully saturated rings. The molecule has 0 unspecified atom stereocenters. The van der Waals surface area contributed by atoms with Crippen molar-refractivity contribution in [2.24, 2.45) is 5.84 Å². The van der Waals surface area contributed by atoms with Crippen LogP contribution in [0.2, 0.25) is 0 Å². The Kier molecular flexibility index (Phi) is 4.59. The highest BCUT2D eigenvalue weighted by molar-refractivity contribution is 6.03. The fourth-order valence-electron chi connectivity index (χ4n) is 2.65. The van der Waals surface area contributed by atoms with Gasteiger partial charge in [-0.05, 0) is 58.7 Å². The predicted octanol–water partition coefficient (Wildman–Crippen LogP) is 2.49. The van der Waals surface area contributed by atoms with Crippen LogP contribution in [0.1, 0.15) is 21.5 Å². The number of aromatic hydroxyl groups is 1. The lowest BCUT2D eigenvalue weighted by Crippen LogP contribution is -2.29. The van der Waals surface area contributed by atoms with E-state index in [0.29, 0.717) is 5.56 Å². The number of hydrogen-bond donors (Lipinski definition) is 3. The zero-order chi connectivity index (χ0) is 17.8. The topological polar surface area (TPSA) is 92.4 Å². The number of nitrogen functional groups attached to an aromatic ring is 1. The van der Waals surface area contributed by atoms with Crippen molar-refractivity contribution in [2.45, 2.75) is 0 Å². The van der Waals surface area contributed by atoms with Gasteiger partial charge < -0.3 is 5.11 Å². The van der Waals surface area contributed by atoms with E-state index in [0.717, 1.165) is 22.3 Å². The van der Waals surface area contributed by atoms with Crippen LogP contribution in [-0.2, 0) is 4.79 Å². The molecular weight excluding hydrogens is 316 g/mol. The highest BCUT2D eigenvalue weighted by atomic mass is 16.3. The molecule has 0 aromatic heterocycles. The third kappa shape index (κ3) is 3.57. The summed E-state index contributed by atoms with van der Waals surface area (Å²) in [5.74, 6) is 4.91. The molecule has 2 aromatic carbocycles. The van der Waals surface area contributed by atoms with Gasteiger partial charge in [-0.15, -0.1) is 0 Å². The summed E-state index contributed by atoms with van der Waals surface area (Å²) in [5, 5.41) is 9.55. The third-order valence-corrected chi connectivity index (χ3v) is 3.84. The van der Waals surface area contributed by atoms with Crippen LogP contribution in [0.3, 0.4) is 0 Å².